The Kier molecular flexibility index (Phi) is 3.89. The van der Waals surface area contributed by atoms with Crippen molar-refractivity contribution in [3.63, 3.8) is 0 Å². The first kappa shape index (κ1) is 11.9. The SMILES string of the molecule is CC(C)(O)CNCC1(O)CCOCC1. The van der Waals surface area contributed by atoms with Gasteiger partial charge in [0.15, 0.2) is 0 Å². The lowest BCUT2D eigenvalue weighted by Crippen LogP contribution is -2.48. The van der Waals surface area contributed by atoms with Gasteiger partial charge in [0.2, 0.25) is 0 Å². The molecule has 0 unspecified atom stereocenters. The molecule has 1 saturated heterocycles. The van der Waals surface area contributed by atoms with E-state index in [2.05, 4.69) is 5.32 Å². The minimum atomic E-state index is -0.721. The van der Waals surface area contributed by atoms with E-state index < -0.39 is 11.2 Å². The number of hydrogen-bond donors (Lipinski definition) is 3. The highest BCUT2D eigenvalue weighted by atomic mass is 16.5. The molecule has 0 spiro atoms. The van der Waals surface area contributed by atoms with Gasteiger partial charge in [0.25, 0.3) is 0 Å². The molecule has 14 heavy (non-hydrogen) atoms. The van der Waals surface area contributed by atoms with Gasteiger partial charge in [0, 0.05) is 39.1 Å². The summed E-state index contributed by atoms with van der Waals surface area (Å²) in [5.41, 5.74) is -1.37. The van der Waals surface area contributed by atoms with Crippen LogP contribution in [0.25, 0.3) is 0 Å². The third-order valence-corrected chi connectivity index (χ3v) is 2.44. The van der Waals surface area contributed by atoms with Crippen LogP contribution in [0.2, 0.25) is 0 Å². The van der Waals surface area contributed by atoms with Gasteiger partial charge >= 0.3 is 0 Å². The Balaban J connectivity index is 2.22. The van der Waals surface area contributed by atoms with Crippen LogP contribution in [0.5, 0.6) is 0 Å². The molecule has 0 aromatic heterocycles. The molecule has 1 fully saturated rings. The zero-order chi connectivity index (χ0) is 10.7. The van der Waals surface area contributed by atoms with Gasteiger partial charge in [0.1, 0.15) is 0 Å². The molecule has 4 nitrogen and oxygen atoms in total. The molecule has 0 aromatic rings. The third kappa shape index (κ3) is 4.37. The average Bonchev–Trinajstić information content (AvgIpc) is 2.02. The fourth-order valence-electron chi connectivity index (χ4n) is 1.53. The second-order valence-electron chi connectivity index (χ2n) is 4.75. The van der Waals surface area contributed by atoms with Crippen molar-refractivity contribution >= 4 is 0 Å². The maximum atomic E-state index is 10.0. The smallest absolute Gasteiger partial charge is 0.0815 e. The van der Waals surface area contributed by atoms with Crippen molar-refractivity contribution in [2.24, 2.45) is 0 Å². The van der Waals surface area contributed by atoms with Crippen LogP contribution in [-0.2, 0) is 4.74 Å². The van der Waals surface area contributed by atoms with E-state index >= 15 is 0 Å². The Labute approximate surface area is 85.3 Å². The third-order valence-electron chi connectivity index (χ3n) is 2.44. The summed E-state index contributed by atoms with van der Waals surface area (Å²) in [6, 6.07) is 0. The molecule has 0 radical (unpaired) electrons. The van der Waals surface area contributed by atoms with Crippen LogP contribution in [0.3, 0.4) is 0 Å². The van der Waals surface area contributed by atoms with Crippen molar-refractivity contribution in [2.45, 2.75) is 37.9 Å². The van der Waals surface area contributed by atoms with E-state index in [9.17, 15) is 10.2 Å². The van der Waals surface area contributed by atoms with Crippen LogP contribution >= 0.6 is 0 Å². The normalized spacial score (nSPS) is 22.3. The summed E-state index contributed by atoms with van der Waals surface area (Å²) in [7, 11) is 0. The van der Waals surface area contributed by atoms with Crippen molar-refractivity contribution in [1.29, 1.82) is 0 Å². The number of rotatable bonds is 4. The summed E-state index contributed by atoms with van der Waals surface area (Å²) in [4.78, 5) is 0. The summed E-state index contributed by atoms with van der Waals surface area (Å²) >= 11 is 0. The first-order chi connectivity index (χ1) is 6.41. The van der Waals surface area contributed by atoms with Crippen molar-refractivity contribution in [2.75, 3.05) is 26.3 Å². The summed E-state index contributed by atoms with van der Waals surface area (Å²) in [6.45, 7) is 5.76. The van der Waals surface area contributed by atoms with Crippen LogP contribution in [0.4, 0.5) is 0 Å². The summed E-state index contributed by atoms with van der Waals surface area (Å²) in [5, 5.41) is 22.6. The number of aliphatic hydroxyl groups is 2. The molecule has 0 atom stereocenters. The molecule has 1 aliphatic rings. The minimum Gasteiger partial charge on any atom is -0.389 e. The zero-order valence-corrected chi connectivity index (χ0v) is 9.05. The lowest BCUT2D eigenvalue weighted by atomic mass is 9.94. The van der Waals surface area contributed by atoms with Crippen LogP contribution in [0.15, 0.2) is 0 Å². The Morgan fingerprint density at radius 1 is 1.36 bits per heavy atom. The summed E-state index contributed by atoms with van der Waals surface area (Å²) in [5.74, 6) is 0. The van der Waals surface area contributed by atoms with Gasteiger partial charge < -0.3 is 20.3 Å². The van der Waals surface area contributed by atoms with Crippen LogP contribution in [-0.4, -0.2) is 47.7 Å². The van der Waals surface area contributed by atoms with Gasteiger partial charge in [-0.05, 0) is 13.8 Å². The predicted octanol–water partition coefficient (Wildman–Crippen LogP) is -0.112. The quantitative estimate of drug-likeness (QED) is 0.596. The molecular formula is C10H21NO3. The number of hydrogen-bond acceptors (Lipinski definition) is 4. The van der Waals surface area contributed by atoms with Crippen molar-refractivity contribution in [3.05, 3.63) is 0 Å². The average molecular weight is 203 g/mol. The molecule has 0 saturated carbocycles. The van der Waals surface area contributed by atoms with Gasteiger partial charge in [-0.1, -0.05) is 0 Å². The topological polar surface area (TPSA) is 61.7 Å². The lowest BCUT2D eigenvalue weighted by Gasteiger charge is -2.33. The first-order valence-electron chi connectivity index (χ1n) is 5.15. The molecule has 0 aromatic carbocycles. The van der Waals surface area contributed by atoms with E-state index in [1.54, 1.807) is 13.8 Å². The fraction of sp³-hybridized carbons (Fsp3) is 1.00. The molecule has 3 N–H and O–H groups in total. The fourth-order valence-corrected chi connectivity index (χ4v) is 1.53. The maximum absolute atomic E-state index is 10.0. The van der Waals surface area contributed by atoms with E-state index in [0.717, 1.165) is 0 Å². The molecule has 84 valence electrons. The second-order valence-corrected chi connectivity index (χ2v) is 4.75. The molecule has 0 aliphatic carbocycles. The number of nitrogens with one attached hydrogen (secondary N) is 1. The predicted molar refractivity (Wildman–Crippen MR) is 54.2 cm³/mol. The highest BCUT2D eigenvalue weighted by molar-refractivity contribution is 4.84. The first-order valence-corrected chi connectivity index (χ1v) is 5.15. The van der Waals surface area contributed by atoms with Crippen LogP contribution in [0, 0.1) is 0 Å². The van der Waals surface area contributed by atoms with E-state index in [-0.39, 0.29) is 0 Å². The molecule has 4 heteroatoms. The molecule has 1 rings (SSSR count). The standard InChI is InChI=1S/C10H21NO3/c1-9(2,12)7-11-8-10(13)3-5-14-6-4-10/h11-13H,3-8H2,1-2H3. The van der Waals surface area contributed by atoms with Gasteiger partial charge in [-0.3, -0.25) is 0 Å². The van der Waals surface area contributed by atoms with E-state index in [4.69, 9.17) is 4.74 Å². The molecule has 1 heterocycles. The Morgan fingerprint density at radius 2 is 1.93 bits per heavy atom. The highest BCUT2D eigenvalue weighted by Gasteiger charge is 2.29. The van der Waals surface area contributed by atoms with Gasteiger partial charge in [-0.25, -0.2) is 0 Å². The van der Waals surface area contributed by atoms with Gasteiger partial charge in [-0.15, -0.1) is 0 Å². The van der Waals surface area contributed by atoms with E-state index in [0.29, 0.717) is 39.1 Å². The van der Waals surface area contributed by atoms with Gasteiger partial charge in [-0.2, -0.15) is 0 Å². The highest BCUT2D eigenvalue weighted by Crippen LogP contribution is 2.19. The Hall–Kier alpha value is -0.160. The molecule has 1 aliphatic heterocycles. The zero-order valence-electron chi connectivity index (χ0n) is 9.05. The van der Waals surface area contributed by atoms with Crippen molar-refractivity contribution < 1.29 is 14.9 Å². The molecular weight excluding hydrogens is 182 g/mol. The van der Waals surface area contributed by atoms with E-state index in [1.807, 2.05) is 0 Å². The van der Waals surface area contributed by atoms with Crippen molar-refractivity contribution in [1.82, 2.24) is 5.32 Å². The Morgan fingerprint density at radius 3 is 2.43 bits per heavy atom. The minimum absolute atomic E-state index is 0.496. The van der Waals surface area contributed by atoms with Gasteiger partial charge in [0.05, 0.1) is 11.2 Å². The maximum Gasteiger partial charge on any atom is 0.0815 e. The Bertz CT molecular complexity index is 171. The second kappa shape index (κ2) is 4.57. The summed E-state index contributed by atoms with van der Waals surface area (Å²) < 4.78 is 5.17. The van der Waals surface area contributed by atoms with E-state index in [1.165, 1.54) is 0 Å². The lowest BCUT2D eigenvalue weighted by molar-refractivity contribution is -0.0635. The molecule has 0 bridgehead atoms. The molecule has 0 amide bonds. The monoisotopic (exact) mass is 203 g/mol. The van der Waals surface area contributed by atoms with Crippen LogP contribution in [0.1, 0.15) is 26.7 Å². The van der Waals surface area contributed by atoms with Crippen LogP contribution < -0.4 is 5.32 Å². The largest absolute Gasteiger partial charge is 0.389 e. The summed E-state index contributed by atoms with van der Waals surface area (Å²) in [6.07, 6.45) is 1.34. The number of ether oxygens (including phenoxy) is 1. The van der Waals surface area contributed by atoms with Crippen molar-refractivity contribution in [3.8, 4) is 0 Å².